The van der Waals surface area contributed by atoms with Crippen LogP contribution in [0.5, 0.6) is 0 Å². The van der Waals surface area contributed by atoms with Crippen LogP contribution in [0.25, 0.3) is 22.2 Å². The summed E-state index contributed by atoms with van der Waals surface area (Å²) in [4.78, 5) is 4.95. The number of hydrogen-bond acceptors (Lipinski definition) is 3. The number of thiazole rings is 1. The van der Waals surface area contributed by atoms with E-state index in [9.17, 15) is 0 Å². The average molecular weight is 424 g/mol. The van der Waals surface area contributed by atoms with Gasteiger partial charge in [-0.1, -0.05) is 72.3 Å². The lowest BCUT2D eigenvalue weighted by Gasteiger charge is -2.09. The first-order valence-electron chi connectivity index (χ1n) is 10.6. The predicted octanol–water partition coefficient (Wildman–Crippen LogP) is 7.04. The van der Waals surface area contributed by atoms with E-state index in [0.29, 0.717) is 0 Å². The molecular formula is C27H25N3S. The Balaban J connectivity index is 1.52. The number of nitrogens with one attached hydrogen (secondary N) is 1. The molecule has 2 aromatic heterocycles. The van der Waals surface area contributed by atoms with Crippen molar-refractivity contribution in [3.05, 3.63) is 107 Å². The third-order valence-electron chi connectivity index (χ3n) is 5.71. The maximum atomic E-state index is 4.95. The third-order valence-corrected chi connectivity index (χ3v) is 6.51. The van der Waals surface area contributed by atoms with E-state index >= 15 is 0 Å². The van der Waals surface area contributed by atoms with E-state index in [4.69, 9.17) is 4.98 Å². The molecule has 0 aliphatic rings. The number of fused-ring (bicyclic) bond motifs is 1. The van der Waals surface area contributed by atoms with Gasteiger partial charge in [-0.2, -0.15) is 0 Å². The molecule has 154 valence electrons. The van der Waals surface area contributed by atoms with Crippen LogP contribution in [-0.4, -0.2) is 9.55 Å². The first-order valence-corrected chi connectivity index (χ1v) is 11.4. The van der Waals surface area contributed by atoms with E-state index in [-0.39, 0.29) is 0 Å². The lowest BCUT2D eigenvalue weighted by atomic mass is 10.1. The first kappa shape index (κ1) is 19.6. The predicted molar refractivity (Wildman–Crippen MR) is 132 cm³/mol. The van der Waals surface area contributed by atoms with E-state index < -0.39 is 0 Å². The lowest BCUT2D eigenvalue weighted by molar-refractivity contribution is 0.806. The Kier molecular flexibility index (Phi) is 5.31. The monoisotopic (exact) mass is 423 g/mol. The van der Waals surface area contributed by atoms with Gasteiger partial charge < -0.3 is 9.88 Å². The zero-order valence-electron chi connectivity index (χ0n) is 17.8. The van der Waals surface area contributed by atoms with Crippen molar-refractivity contribution in [2.75, 3.05) is 5.32 Å². The maximum Gasteiger partial charge on any atom is 0.183 e. The summed E-state index contributed by atoms with van der Waals surface area (Å²) < 4.78 is 2.41. The zero-order chi connectivity index (χ0) is 21.2. The Hall–Kier alpha value is -3.37. The Bertz CT molecular complexity index is 1320. The zero-order valence-corrected chi connectivity index (χ0v) is 18.6. The Labute approximate surface area is 187 Å². The molecule has 0 amide bonds. The fraction of sp³-hybridized carbons (Fsp3) is 0.148. The number of anilines is 1. The van der Waals surface area contributed by atoms with Gasteiger partial charge in [0.05, 0.1) is 5.69 Å². The van der Waals surface area contributed by atoms with E-state index in [2.05, 4.69) is 102 Å². The summed E-state index contributed by atoms with van der Waals surface area (Å²) in [5, 5.41) is 7.87. The molecule has 0 aliphatic heterocycles. The van der Waals surface area contributed by atoms with Crippen molar-refractivity contribution >= 4 is 27.4 Å². The average Bonchev–Trinajstić information content (AvgIpc) is 3.36. The standard InChI is InChI=1S/C27H25N3S/c1-19-13-14-25-23(15-19)26(20(2)30(25)17-22-11-7-4-8-12-22)24-18-31-27(29-24)28-16-21-9-5-3-6-10-21/h3-15,18H,16-17H2,1-2H3,(H,28,29). The topological polar surface area (TPSA) is 29.9 Å². The minimum absolute atomic E-state index is 0.779. The molecule has 3 aromatic carbocycles. The number of nitrogens with zero attached hydrogens (tertiary/aromatic N) is 2. The van der Waals surface area contributed by atoms with E-state index in [1.807, 2.05) is 6.07 Å². The van der Waals surface area contributed by atoms with Crippen LogP contribution in [0.2, 0.25) is 0 Å². The van der Waals surface area contributed by atoms with Crippen LogP contribution in [0.1, 0.15) is 22.4 Å². The van der Waals surface area contributed by atoms with E-state index in [1.165, 1.54) is 38.9 Å². The van der Waals surface area contributed by atoms with Crippen molar-refractivity contribution in [1.82, 2.24) is 9.55 Å². The van der Waals surface area contributed by atoms with Crippen molar-refractivity contribution in [2.24, 2.45) is 0 Å². The van der Waals surface area contributed by atoms with Crippen LogP contribution in [0.4, 0.5) is 5.13 Å². The second kappa shape index (κ2) is 8.40. The van der Waals surface area contributed by atoms with Crippen LogP contribution in [-0.2, 0) is 13.1 Å². The summed E-state index contributed by atoms with van der Waals surface area (Å²) in [6.45, 7) is 6.00. The van der Waals surface area contributed by atoms with Crippen LogP contribution in [0.3, 0.4) is 0 Å². The highest BCUT2D eigenvalue weighted by Crippen LogP contribution is 2.37. The van der Waals surface area contributed by atoms with Crippen molar-refractivity contribution in [3.63, 3.8) is 0 Å². The van der Waals surface area contributed by atoms with Crippen molar-refractivity contribution in [2.45, 2.75) is 26.9 Å². The summed E-state index contributed by atoms with van der Waals surface area (Å²) in [5.74, 6) is 0. The highest BCUT2D eigenvalue weighted by atomic mass is 32.1. The molecule has 0 atom stereocenters. The molecule has 0 spiro atoms. The van der Waals surface area contributed by atoms with E-state index in [1.54, 1.807) is 11.3 Å². The molecule has 0 bridgehead atoms. The van der Waals surface area contributed by atoms with Gasteiger partial charge in [0, 0.05) is 40.6 Å². The molecule has 1 N–H and O–H groups in total. The summed E-state index contributed by atoms with van der Waals surface area (Å²) in [7, 11) is 0. The summed E-state index contributed by atoms with van der Waals surface area (Å²) >= 11 is 1.67. The highest BCUT2D eigenvalue weighted by molar-refractivity contribution is 7.14. The molecule has 0 fully saturated rings. The molecule has 5 rings (SSSR count). The largest absolute Gasteiger partial charge is 0.357 e. The Morgan fingerprint density at radius 2 is 1.58 bits per heavy atom. The molecule has 4 heteroatoms. The van der Waals surface area contributed by atoms with E-state index in [0.717, 1.165) is 23.9 Å². The number of aryl methyl sites for hydroxylation is 1. The third kappa shape index (κ3) is 3.99. The molecule has 31 heavy (non-hydrogen) atoms. The SMILES string of the molecule is Cc1ccc2c(c1)c(-c1csc(NCc3ccccc3)n1)c(C)n2Cc1ccccc1. The molecule has 0 saturated heterocycles. The molecule has 3 nitrogen and oxygen atoms in total. The molecular weight excluding hydrogens is 398 g/mol. The molecule has 0 saturated carbocycles. The van der Waals surface area contributed by atoms with Gasteiger partial charge in [0.25, 0.3) is 0 Å². The van der Waals surface area contributed by atoms with Crippen LogP contribution >= 0.6 is 11.3 Å². The van der Waals surface area contributed by atoms with Crippen LogP contribution < -0.4 is 5.32 Å². The van der Waals surface area contributed by atoms with Gasteiger partial charge in [-0.05, 0) is 37.1 Å². The second-order valence-electron chi connectivity index (χ2n) is 7.93. The lowest BCUT2D eigenvalue weighted by Crippen LogP contribution is -2.01. The summed E-state index contributed by atoms with van der Waals surface area (Å²) in [6.07, 6.45) is 0. The van der Waals surface area contributed by atoms with Crippen LogP contribution in [0, 0.1) is 13.8 Å². The van der Waals surface area contributed by atoms with Crippen molar-refractivity contribution in [3.8, 4) is 11.3 Å². The van der Waals surface area contributed by atoms with Crippen molar-refractivity contribution in [1.29, 1.82) is 0 Å². The molecule has 0 aliphatic carbocycles. The highest BCUT2D eigenvalue weighted by Gasteiger charge is 2.18. The van der Waals surface area contributed by atoms with Gasteiger partial charge in [0.2, 0.25) is 0 Å². The number of benzene rings is 3. The number of hydrogen-bond donors (Lipinski definition) is 1. The minimum atomic E-state index is 0.779. The normalized spacial score (nSPS) is 11.2. The van der Waals surface area contributed by atoms with Crippen molar-refractivity contribution < 1.29 is 0 Å². The number of aromatic nitrogens is 2. The fourth-order valence-electron chi connectivity index (χ4n) is 4.13. The summed E-state index contributed by atoms with van der Waals surface area (Å²) in [6, 6.07) is 27.8. The quantitative estimate of drug-likeness (QED) is 0.317. The second-order valence-corrected chi connectivity index (χ2v) is 8.79. The molecule has 2 heterocycles. The Morgan fingerprint density at radius 3 is 2.32 bits per heavy atom. The van der Waals surface area contributed by atoms with Crippen LogP contribution in [0.15, 0.2) is 84.2 Å². The van der Waals surface area contributed by atoms with Gasteiger partial charge in [0.15, 0.2) is 5.13 Å². The van der Waals surface area contributed by atoms with Gasteiger partial charge >= 0.3 is 0 Å². The fourth-order valence-corrected chi connectivity index (χ4v) is 4.83. The minimum Gasteiger partial charge on any atom is -0.357 e. The Morgan fingerprint density at radius 1 is 0.871 bits per heavy atom. The van der Waals surface area contributed by atoms with Gasteiger partial charge in [-0.25, -0.2) is 4.98 Å². The first-order chi connectivity index (χ1) is 15.2. The van der Waals surface area contributed by atoms with Gasteiger partial charge in [-0.15, -0.1) is 11.3 Å². The van der Waals surface area contributed by atoms with Gasteiger partial charge in [0.1, 0.15) is 0 Å². The number of rotatable bonds is 6. The molecule has 0 radical (unpaired) electrons. The van der Waals surface area contributed by atoms with Gasteiger partial charge in [-0.3, -0.25) is 0 Å². The molecule has 5 aromatic rings. The summed E-state index contributed by atoms with van der Waals surface area (Å²) in [5.41, 5.74) is 8.61. The maximum absolute atomic E-state index is 4.95. The smallest absolute Gasteiger partial charge is 0.183 e. The molecule has 0 unspecified atom stereocenters.